The summed E-state index contributed by atoms with van der Waals surface area (Å²) in [5, 5.41) is 0. The molecule has 2 heterocycles. The van der Waals surface area contributed by atoms with Gasteiger partial charge in [-0.25, -0.2) is 4.79 Å². The Balaban J connectivity index is 0.969. The van der Waals surface area contributed by atoms with Crippen molar-refractivity contribution < 1.29 is 61.6 Å². The van der Waals surface area contributed by atoms with Crippen LogP contribution in [0.2, 0.25) is 0 Å². The van der Waals surface area contributed by atoms with Gasteiger partial charge in [0.15, 0.2) is 18.7 Å². The molecule has 4 fully saturated rings. The van der Waals surface area contributed by atoms with Gasteiger partial charge in [0.25, 0.3) is 0 Å². The third-order valence-electron chi connectivity index (χ3n) is 18.6. The molecule has 7 aromatic carbocycles. The Morgan fingerprint density at radius 1 is 0.430 bits per heavy atom. The molecule has 2 aliphatic heterocycles. The highest BCUT2D eigenvalue weighted by molar-refractivity contribution is 5.74. The lowest BCUT2D eigenvalue weighted by atomic mass is 9.81. The topological polar surface area (TPSA) is 128 Å². The summed E-state index contributed by atoms with van der Waals surface area (Å²) in [6.45, 7) is 6.19. The molecule has 11 rings (SSSR count). The molecule has 14 atom stereocenters. The maximum atomic E-state index is 15.1. The van der Waals surface area contributed by atoms with Crippen molar-refractivity contribution in [3.63, 3.8) is 0 Å². The SMILES string of the molecule is CCCC[C@H]1CCC[C@@H](O[C@H]2O[C@H](COCc3ccccc3)[C@H](OCc3ccccc3)[C@H](O[C@@H](CC3CCCCC3)C(=O)OCc3ccccc3)[C@H]2OCc2ccccc2)[C@H]1O[C@@H]1O[C@H](C)[C@H](OCc2ccccc2)[C@H](OCc2ccccc2)[C@H]1OCc1ccccc1. The molecule has 0 N–H and O–H groups in total. The second-order valence-corrected chi connectivity index (χ2v) is 25.6. The van der Waals surface area contributed by atoms with Crippen LogP contribution in [0.5, 0.6) is 0 Å². The number of hydrogen-bond donors (Lipinski definition) is 0. The first-order valence-corrected chi connectivity index (χ1v) is 34.3. The first-order chi connectivity index (χ1) is 45.9. The molecule has 2 aliphatic carbocycles. The van der Waals surface area contributed by atoms with Gasteiger partial charge < -0.3 is 56.8 Å². The number of carbonyl (C=O) groups is 1. The lowest BCUT2D eigenvalue weighted by Crippen LogP contribution is -2.64. The van der Waals surface area contributed by atoms with Crippen molar-refractivity contribution in [3.8, 4) is 0 Å². The fraction of sp³-hybridized carbons (Fsp3) is 0.463. The second kappa shape index (κ2) is 36.5. The largest absolute Gasteiger partial charge is 0.459 e. The fourth-order valence-corrected chi connectivity index (χ4v) is 13.6. The van der Waals surface area contributed by atoms with Gasteiger partial charge in [-0.3, -0.25) is 0 Å². The van der Waals surface area contributed by atoms with Crippen molar-refractivity contribution in [2.75, 3.05) is 6.61 Å². The number of esters is 1. The van der Waals surface area contributed by atoms with Gasteiger partial charge in [-0.15, -0.1) is 0 Å². The van der Waals surface area contributed by atoms with E-state index in [-0.39, 0.29) is 44.9 Å². The summed E-state index contributed by atoms with van der Waals surface area (Å²) in [6.07, 6.45) is 1.30. The number of benzene rings is 7. The van der Waals surface area contributed by atoms with E-state index < -0.39 is 85.7 Å². The molecule has 0 aromatic heterocycles. The monoisotopic (exact) mass is 1260 g/mol. The third kappa shape index (κ3) is 20.3. The zero-order valence-electron chi connectivity index (χ0n) is 54.3. The van der Waals surface area contributed by atoms with Crippen LogP contribution < -0.4 is 0 Å². The fourth-order valence-electron chi connectivity index (χ4n) is 13.6. The van der Waals surface area contributed by atoms with Crippen molar-refractivity contribution in [3.05, 3.63) is 251 Å². The molecule has 2 saturated heterocycles. The van der Waals surface area contributed by atoms with Crippen LogP contribution in [0.25, 0.3) is 0 Å². The Kier molecular flexibility index (Phi) is 26.6. The highest BCUT2D eigenvalue weighted by atomic mass is 16.8. The van der Waals surface area contributed by atoms with Crippen LogP contribution in [0.1, 0.15) is 130 Å². The summed E-state index contributed by atoms with van der Waals surface area (Å²) in [4.78, 5) is 15.1. The Morgan fingerprint density at radius 3 is 1.35 bits per heavy atom. The molecule has 13 heteroatoms. The molecule has 93 heavy (non-hydrogen) atoms. The van der Waals surface area contributed by atoms with Crippen LogP contribution in [0.15, 0.2) is 212 Å². The van der Waals surface area contributed by atoms with E-state index in [2.05, 4.69) is 55.5 Å². The average Bonchev–Trinajstić information content (AvgIpc) is 0.830. The zero-order chi connectivity index (χ0) is 63.7. The summed E-state index contributed by atoms with van der Waals surface area (Å²) in [6, 6.07) is 70.7. The summed E-state index contributed by atoms with van der Waals surface area (Å²) in [5.41, 5.74) is 6.89. The first kappa shape index (κ1) is 68.0. The normalized spacial score (nSPS) is 26.3. The van der Waals surface area contributed by atoms with Gasteiger partial charge in [0.2, 0.25) is 0 Å². The van der Waals surface area contributed by atoms with Crippen molar-refractivity contribution in [2.45, 2.75) is 217 Å². The molecule has 13 nitrogen and oxygen atoms in total. The van der Waals surface area contributed by atoms with Gasteiger partial charge >= 0.3 is 5.97 Å². The Morgan fingerprint density at radius 2 is 0.860 bits per heavy atom. The number of ether oxygens (including phenoxy) is 12. The molecule has 2 saturated carbocycles. The molecular weight excluding hydrogens is 1170 g/mol. The van der Waals surface area contributed by atoms with Crippen molar-refractivity contribution in [1.29, 1.82) is 0 Å². The smallest absolute Gasteiger partial charge is 0.335 e. The van der Waals surface area contributed by atoms with E-state index in [4.69, 9.17) is 56.8 Å². The lowest BCUT2D eigenvalue weighted by molar-refractivity contribution is -0.364. The minimum absolute atomic E-state index is 0.0682. The van der Waals surface area contributed by atoms with Gasteiger partial charge in [0.1, 0.15) is 49.3 Å². The highest BCUT2D eigenvalue weighted by Crippen LogP contribution is 2.41. The minimum Gasteiger partial charge on any atom is -0.459 e. The van der Waals surface area contributed by atoms with E-state index >= 15 is 4.79 Å². The van der Waals surface area contributed by atoms with Gasteiger partial charge in [-0.05, 0) is 83.4 Å². The highest BCUT2D eigenvalue weighted by Gasteiger charge is 2.54. The van der Waals surface area contributed by atoms with Crippen LogP contribution in [-0.4, -0.2) is 92.3 Å². The molecule has 0 amide bonds. The van der Waals surface area contributed by atoms with E-state index in [1.165, 1.54) is 6.42 Å². The average molecular weight is 1270 g/mol. The maximum absolute atomic E-state index is 15.1. The van der Waals surface area contributed by atoms with Crippen LogP contribution in [-0.2, 0) is 108 Å². The lowest BCUT2D eigenvalue weighted by Gasteiger charge is -2.50. The third-order valence-corrected chi connectivity index (χ3v) is 18.6. The van der Waals surface area contributed by atoms with Crippen LogP contribution in [0, 0.1) is 11.8 Å². The molecule has 7 aromatic rings. The Hall–Kier alpha value is -6.43. The predicted octanol–water partition coefficient (Wildman–Crippen LogP) is 15.8. The van der Waals surface area contributed by atoms with E-state index in [1.54, 1.807) is 0 Å². The van der Waals surface area contributed by atoms with E-state index in [0.717, 1.165) is 96.7 Å². The van der Waals surface area contributed by atoms with E-state index in [1.807, 2.05) is 171 Å². The van der Waals surface area contributed by atoms with Crippen molar-refractivity contribution in [2.24, 2.45) is 11.8 Å². The molecule has 0 spiro atoms. The maximum Gasteiger partial charge on any atom is 0.335 e. The number of rotatable bonds is 33. The number of unbranched alkanes of at least 4 members (excludes halogenated alkanes) is 1. The second-order valence-electron chi connectivity index (χ2n) is 25.6. The van der Waals surface area contributed by atoms with Gasteiger partial charge in [-0.1, -0.05) is 271 Å². The van der Waals surface area contributed by atoms with E-state index in [0.29, 0.717) is 32.7 Å². The van der Waals surface area contributed by atoms with Gasteiger partial charge in [0.05, 0.1) is 64.6 Å². The molecule has 0 radical (unpaired) electrons. The first-order valence-electron chi connectivity index (χ1n) is 34.3. The molecule has 4 aliphatic rings. The number of hydrogen-bond acceptors (Lipinski definition) is 13. The van der Waals surface area contributed by atoms with Gasteiger partial charge in [-0.2, -0.15) is 0 Å². The number of carbonyl (C=O) groups excluding carboxylic acids is 1. The van der Waals surface area contributed by atoms with E-state index in [9.17, 15) is 0 Å². The van der Waals surface area contributed by atoms with Gasteiger partial charge in [0, 0.05) is 0 Å². The summed E-state index contributed by atoms with van der Waals surface area (Å²) < 4.78 is 86.3. The summed E-state index contributed by atoms with van der Waals surface area (Å²) in [5.74, 6) is -0.117. The zero-order valence-corrected chi connectivity index (χ0v) is 54.3. The van der Waals surface area contributed by atoms with Crippen molar-refractivity contribution >= 4 is 5.97 Å². The standard InChI is InChI=1S/C80H96O13/c1-3-4-46-67-47-29-48-68(72(67)93-79-76(86-54-64-40-23-10-24-41-64)74(85-53-63-38-21-9-22-39-63)71(58(2)89-79)83-51-61-34-17-7-18-35-61)91-80-77(87-55-65-42-25-11-26-43-65)75(90-69(49-59-30-13-5-14-31-59)78(81)88-56-66-44-27-12-28-45-66)73(84-52-62-36-19-8-20-37-62)70(92-80)57-82-50-60-32-15-6-16-33-60/h6-12,15-28,32-45,58-59,67-77,79-80H,3-5,13-14,29-31,46-57H2,1-2H3/t58-,67+,68-,69+,70-,71+,72+,73+,74+,75+,76-,77-,79+,80+/m1/s1. The molecule has 494 valence electrons. The summed E-state index contributed by atoms with van der Waals surface area (Å²) in [7, 11) is 0. The summed E-state index contributed by atoms with van der Waals surface area (Å²) >= 11 is 0. The molecular formula is C80H96O13. The van der Waals surface area contributed by atoms with Crippen LogP contribution in [0.3, 0.4) is 0 Å². The Labute approximate surface area is 551 Å². The molecule has 0 unspecified atom stereocenters. The minimum atomic E-state index is -1.08. The van der Waals surface area contributed by atoms with Crippen LogP contribution >= 0.6 is 0 Å². The van der Waals surface area contributed by atoms with Crippen LogP contribution in [0.4, 0.5) is 0 Å². The Bertz CT molecular complexity index is 3160. The van der Waals surface area contributed by atoms with Crippen molar-refractivity contribution in [1.82, 2.24) is 0 Å². The quantitative estimate of drug-likeness (QED) is 0.0363. The molecule has 0 bridgehead atoms. The predicted molar refractivity (Wildman–Crippen MR) is 357 cm³/mol.